The molecule has 0 saturated heterocycles. The molecule has 2 aromatic carbocycles. The molecule has 0 aliphatic heterocycles. The molecule has 2 atom stereocenters. The van der Waals surface area contributed by atoms with E-state index in [2.05, 4.69) is 44.2 Å². The van der Waals surface area contributed by atoms with Gasteiger partial charge in [0.15, 0.2) is 0 Å². The smallest absolute Gasteiger partial charge is 0.0320 e. The van der Waals surface area contributed by atoms with Crippen molar-refractivity contribution in [2.24, 2.45) is 5.41 Å². The van der Waals surface area contributed by atoms with Gasteiger partial charge in [0.25, 0.3) is 0 Å². The summed E-state index contributed by atoms with van der Waals surface area (Å²) >= 11 is 0. The molecule has 0 radical (unpaired) electrons. The van der Waals surface area contributed by atoms with Gasteiger partial charge in [0, 0.05) is 5.69 Å². The van der Waals surface area contributed by atoms with E-state index >= 15 is 0 Å². The topological polar surface area (TPSA) is 26.0 Å². The summed E-state index contributed by atoms with van der Waals surface area (Å²) in [6.45, 7) is 4.69. The number of rotatable bonds is 0. The highest BCUT2D eigenvalue weighted by Gasteiger charge is 2.45. The van der Waals surface area contributed by atoms with E-state index < -0.39 is 0 Å². The van der Waals surface area contributed by atoms with Crippen molar-refractivity contribution in [1.29, 1.82) is 0 Å². The molecule has 0 spiro atoms. The van der Waals surface area contributed by atoms with Crippen LogP contribution >= 0.6 is 0 Å². The van der Waals surface area contributed by atoms with E-state index in [1.165, 1.54) is 36.5 Å². The van der Waals surface area contributed by atoms with E-state index in [4.69, 9.17) is 5.73 Å². The number of fused-ring (bicyclic) bond motifs is 5. The second kappa shape index (κ2) is 4.37. The summed E-state index contributed by atoms with van der Waals surface area (Å²) in [7, 11) is 0. The van der Waals surface area contributed by atoms with Crippen LogP contribution in [0.25, 0.3) is 10.8 Å². The SMILES string of the molecule is C/C=C1/CCC2c3ccc4cc(N)ccc4c3CCC12C. The van der Waals surface area contributed by atoms with Crippen LogP contribution in [0.2, 0.25) is 0 Å². The first-order valence-corrected chi connectivity index (χ1v) is 8.10. The fraction of sp³-hybridized carbons (Fsp3) is 0.400. The van der Waals surface area contributed by atoms with E-state index in [9.17, 15) is 0 Å². The molecular formula is C20H23N. The van der Waals surface area contributed by atoms with Crippen molar-refractivity contribution < 1.29 is 0 Å². The summed E-state index contributed by atoms with van der Waals surface area (Å²) in [5.74, 6) is 0.703. The number of nitrogen functional groups attached to an aromatic ring is 1. The van der Waals surface area contributed by atoms with Crippen molar-refractivity contribution in [1.82, 2.24) is 0 Å². The maximum Gasteiger partial charge on any atom is 0.0320 e. The Hall–Kier alpha value is -1.76. The summed E-state index contributed by atoms with van der Waals surface area (Å²) in [5.41, 5.74) is 12.0. The highest BCUT2D eigenvalue weighted by molar-refractivity contribution is 5.89. The molecule has 1 heteroatoms. The van der Waals surface area contributed by atoms with Crippen molar-refractivity contribution >= 4 is 16.5 Å². The summed E-state index contributed by atoms with van der Waals surface area (Å²) in [5, 5.41) is 2.71. The highest BCUT2D eigenvalue weighted by Crippen LogP contribution is 2.58. The van der Waals surface area contributed by atoms with E-state index in [0.29, 0.717) is 11.3 Å². The lowest BCUT2D eigenvalue weighted by Gasteiger charge is -2.39. The molecule has 21 heavy (non-hydrogen) atoms. The number of aryl methyl sites for hydroxylation is 1. The normalized spacial score (nSPS) is 29.6. The molecule has 1 nitrogen and oxygen atoms in total. The van der Waals surface area contributed by atoms with Gasteiger partial charge in [-0.25, -0.2) is 0 Å². The fourth-order valence-electron chi connectivity index (χ4n) is 4.86. The molecule has 1 fully saturated rings. The minimum absolute atomic E-state index is 0.392. The third kappa shape index (κ3) is 1.70. The molecule has 2 unspecified atom stereocenters. The molecular weight excluding hydrogens is 254 g/mol. The van der Waals surface area contributed by atoms with Crippen LogP contribution in [0.15, 0.2) is 42.0 Å². The molecule has 0 bridgehead atoms. The maximum atomic E-state index is 5.94. The average molecular weight is 277 g/mol. The van der Waals surface area contributed by atoms with Crippen molar-refractivity contribution in [2.45, 2.75) is 45.4 Å². The summed E-state index contributed by atoms with van der Waals surface area (Å²) in [6, 6.07) is 11.0. The molecule has 2 aromatic rings. The molecule has 0 amide bonds. The minimum Gasteiger partial charge on any atom is -0.399 e. The monoisotopic (exact) mass is 277 g/mol. The van der Waals surface area contributed by atoms with E-state index in [-0.39, 0.29) is 0 Å². The Labute approximate surface area is 126 Å². The van der Waals surface area contributed by atoms with Crippen LogP contribution in [0.5, 0.6) is 0 Å². The molecule has 4 rings (SSSR count). The summed E-state index contributed by atoms with van der Waals surface area (Å²) in [4.78, 5) is 0. The lowest BCUT2D eigenvalue weighted by Crippen LogP contribution is -2.28. The molecule has 2 aliphatic rings. The van der Waals surface area contributed by atoms with Gasteiger partial charge in [-0.15, -0.1) is 0 Å². The molecule has 2 aliphatic carbocycles. The number of nitrogens with two attached hydrogens (primary N) is 1. The second-order valence-electron chi connectivity index (χ2n) is 6.94. The van der Waals surface area contributed by atoms with E-state index in [1.807, 2.05) is 6.07 Å². The molecule has 1 saturated carbocycles. The zero-order valence-electron chi connectivity index (χ0n) is 12.9. The first-order chi connectivity index (χ1) is 10.1. The Bertz CT molecular complexity index is 756. The van der Waals surface area contributed by atoms with Gasteiger partial charge in [-0.1, -0.05) is 36.8 Å². The van der Waals surface area contributed by atoms with Crippen LogP contribution < -0.4 is 5.73 Å². The van der Waals surface area contributed by atoms with Gasteiger partial charge in [-0.05, 0) is 78.0 Å². The Morgan fingerprint density at radius 3 is 2.86 bits per heavy atom. The third-order valence-corrected chi connectivity index (χ3v) is 6.01. The Kier molecular flexibility index (Phi) is 2.69. The predicted molar refractivity (Wildman–Crippen MR) is 90.5 cm³/mol. The third-order valence-electron chi connectivity index (χ3n) is 6.01. The van der Waals surface area contributed by atoms with Gasteiger partial charge in [-0.2, -0.15) is 0 Å². The Balaban J connectivity index is 1.92. The van der Waals surface area contributed by atoms with Gasteiger partial charge >= 0.3 is 0 Å². The number of hydrogen-bond donors (Lipinski definition) is 1. The largest absolute Gasteiger partial charge is 0.399 e. The van der Waals surface area contributed by atoms with E-state index in [0.717, 1.165) is 5.69 Å². The zero-order valence-corrected chi connectivity index (χ0v) is 12.9. The van der Waals surface area contributed by atoms with Crippen molar-refractivity contribution in [3.8, 4) is 0 Å². The predicted octanol–water partition coefficient (Wildman–Crippen LogP) is 5.20. The van der Waals surface area contributed by atoms with Crippen LogP contribution in [0.3, 0.4) is 0 Å². The van der Waals surface area contributed by atoms with Crippen LogP contribution in [0, 0.1) is 5.41 Å². The van der Waals surface area contributed by atoms with E-state index in [1.54, 1.807) is 16.7 Å². The van der Waals surface area contributed by atoms with Crippen molar-refractivity contribution in [3.63, 3.8) is 0 Å². The number of allylic oxidation sites excluding steroid dienone is 2. The fourth-order valence-corrected chi connectivity index (χ4v) is 4.86. The molecule has 108 valence electrons. The maximum absolute atomic E-state index is 5.94. The molecule has 0 aromatic heterocycles. The average Bonchev–Trinajstić information content (AvgIpc) is 2.83. The second-order valence-corrected chi connectivity index (χ2v) is 6.94. The standard InChI is InChI=1S/C20H23N/c1-3-14-5-9-19-18-7-4-13-12-15(21)6-8-16(13)17(18)10-11-20(14,19)2/h3-4,6-8,12,19H,5,9-11,21H2,1-2H3/b14-3-. The lowest BCUT2D eigenvalue weighted by atomic mass is 9.65. The Morgan fingerprint density at radius 2 is 2.05 bits per heavy atom. The van der Waals surface area contributed by atoms with Gasteiger partial charge in [0.05, 0.1) is 0 Å². The van der Waals surface area contributed by atoms with Crippen LogP contribution in [0.1, 0.15) is 50.2 Å². The van der Waals surface area contributed by atoms with Gasteiger partial charge in [-0.3, -0.25) is 0 Å². The zero-order chi connectivity index (χ0) is 14.6. The van der Waals surface area contributed by atoms with Crippen molar-refractivity contribution in [2.75, 3.05) is 5.73 Å². The quantitative estimate of drug-likeness (QED) is 0.520. The van der Waals surface area contributed by atoms with Crippen LogP contribution in [-0.4, -0.2) is 0 Å². The summed E-state index contributed by atoms with van der Waals surface area (Å²) in [6.07, 6.45) is 7.43. The molecule has 0 heterocycles. The first kappa shape index (κ1) is 12.9. The number of hydrogen-bond acceptors (Lipinski definition) is 1. The van der Waals surface area contributed by atoms with Crippen molar-refractivity contribution in [3.05, 3.63) is 53.1 Å². The van der Waals surface area contributed by atoms with Crippen LogP contribution in [-0.2, 0) is 6.42 Å². The number of benzene rings is 2. The lowest BCUT2D eigenvalue weighted by molar-refractivity contribution is 0.307. The minimum atomic E-state index is 0.392. The van der Waals surface area contributed by atoms with Gasteiger partial charge in [0.2, 0.25) is 0 Å². The highest BCUT2D eigenvalue weighted by atomic mass is 14.5. The van der Waals surface area contributed by atoms with Crippen LogP contribution in [0.4, 0.5) is 5.69 Å². The van der Waals surface area contributed by atoms with Gasteiger partial charge in [0.1, 0.15) is 0 Å². The summed E-state index contributed by atoms with van der Waals surface area (Å²) < 4.78 is 0. The van der Waals surface area contributed by atoms with Gasteiger partial charge < -0.3 is 5.73 Å². The number of anilines is 1. The first-order valence-electron chi connectivity index (χ1n) is 8.10. The molecule has 2 N–H and O–H groups in total. The Morgan fingerprint density at radius 1 is 1.19 bits per heavy atom.